The SMILES string of the molecule is CC(=O)O[C@@]12CC[C@@H](C)[C@]3(CC(=O)C(C)=C3C1)C2(C)C. The summed E-state index contributed by atoms with van der Waals surface area (Å²) >= 11 is 0. The Balaban J connectivity index is 2.21. The molecule has 0 N–H and O–H groups in total. The molecule has 3 nitrogen and oxygen atoms in total. The maximum absolute atomic E-state index is 12.3. The summed E-state index contributed by atoms with van der Waals surface area (Å²) in [5.41, 5.74) is 1.52. The van der Waals surface area contributed by atoms with Crippen LogP contribution in [0, 0.1) is 16.7 Å². The normalized spacial score (nSPS) is 41.9. The maximum atomic E-state index is 12.3. The van der Waals surface area contributed by atoms with Gasteiger partial charge in [-0.2, -0.15) is 0 Å². The van der Waals surface area contributed by atoms with E-state index in [1.807, 2.05) is 6.92 Å². The Morgan fingerprint density at radius 2 is 1.95 bits per heavy atom. The highest BCUT2D eigenvalue weighted by atomic mass is 16.6. The maximum Gasteiger partial charge on any atom is 0.303 e. The zero-order valence-corrected chi connectivity index (χ0v) is 13.1. The van der Waals surface area contributed by atoms with Crippen LogP contribution in [-0.2, 0) is 14.3 Å². The molecule has 110 valence electrons. The first kappa shape index (κ1) is 13.8. The number of ether oxygens (including phenoxy) is 1. The summed E-state index contributed by atoms with van der Waals surface area (Å²) in [5, 5.41) is 0. The van der Waals surface area contributed by atoms with Crippen LogP contribution in [0.15, 0.2) is 11.1 Å². The lowest BCUT2D eigenvalue weighted by Crippen LogP contribution is -2.56. The van der Waals surface area contributed by atoms with Crippen LogP contribution >= 0.6 is 0 Å². The standard InChI is InChI=1S/C17H24O3/c1-10-6-7-16(20-12(3)18)8-13-11(2)14(19)9-17(10,13)15(16,4)5/h10H,6-9H2,1-5H3/t10-,16+,17+/m1/s1. The fraction of sp³-hybridized carbons (Fsp3) is 0.765. The first-order chi connectivity index (χ1) is 9.18. The number of carbonyl (C=O) groups excluding carboxylic acids is 2. The molecule has 3 aliphatic carbocycles. The van der Waals surface area contributed by atoms with Gasteiger partial charge in [0.15, 0.2) is 5.78 Å². The fourth-order valence-electron chi connectivity index (χ4n) is 5.47. The van der Waals surface area contributed by atoms with Crippen LogP contribution in [0.4, 0.5) is 0 Å². The molecule has 0 amide bonds. The Labute approximate surface area is 120 Å². The molecule has 3 aliphatic rings. The Kier molecular flexibility index (Phi) is 2.59. The predicted octanol–water partition coefficient (Wildman–Crippen LogP) is 3.42. The number of Topliss-reactive ketones (excluding diaryl/α,β-unsaturated/α-hetero) is 1. The minimum absolute atomic E-state index is 0.0954. The molecular formula is C17H24O3. The fourth-order valence-corrected chi connectivity index (χ4v) is 5.47. The third-order valence-electron chi connectivity index (χ3n) is 6.73. The smallest absolute Gasteiger partial charge is 0.303 e. The topological polar surface area (TPSA) is 43.4 Å². The summed E-state index contributed by atoms with van der Waals surface area (Å²) in [7, 11) is 0. The summed E-state index contributed by atoms with van der Waals surface area (Å²) in [4.78, 5) is 23.9. The number of hydrogen-bond acceptors (Lipinski definition) is 3. The molecule has 0 aromatic carbocycles. The number of allylic oxidation sites excluding steroid dienone is 1. The van der Waals surface area contributed by atoms with Crippen LogP contribution in [0.2, 0.25) is 0 Å². The summed E-state index contributed by atoms with van der Waals surface area (Å²) in [6, 6.07) is 0. The number of rotatable bonds is 1. The molecule has 2 saturated carbocycles. The van der Waals surface area contributed by atoms with Crippen LogP contribution in [0.25, 0.3) is 0 Å². The second-order valence-electron chi connectivity index (χ2n) is 7.50. The molecule has 2 fully saturated rings. The van der Waals surface area contributed by atoms with E-state index in [0.29, 0.717) is 18.1 Å². The highest BCUT2D eigenvalue weighted by Gasteiger charge is 2.73. The molecule has 0 saturated heterocycles. The van der Waals surface area contributed by atoms with Gasteiger partial charge in [0.1, 0.15) is 5.60 Å². The van der Waals surface area contributed by atoms with E-state index in [1.165, 1.54) is 12.5 Å². The van der Waals surface area contributed by atoms with Crippen LogP contribution in [0.1, 0.15) is 60.3 Å². The van der Waals surface area contributed by atoms with Crippen molar-refractivity contribution in [3.8, 4) is 0 Å². The van der Waals surface area contributed by atoms with E-state index in [1.54, 1.807) is 0 Å². The van der Waals surface area contributed by atoms with Gasteiger partial charge in [-0.3, -0.25) is 9.59 Å². The quantitative estimate of drug-likeness (QED) is 0.689. The molecule has 2 bridgehead atoms. The molecule has 3 rings (SSSR count). The molecule has 0 radical (unpaired) electrons. The van der Waals surface area contributed by atoms with Crippen LogP contribution in [0.3, 0.4) is 0 Å². The average molecular weight is 276 g/mol. The Morgan fingerprint density at radius 3 is 2.55 bits per heavy atom. The van der Waals surface area contributed by atoms with Gasteiger partial charge < -0.3 is 4.74 Å². The van der Waals surface area contributed by atoms with E-state index >= 15 is 0 Å². The van der Waals surface area contributed by atoms with Crippen molar-refractivity contribution < 1.29 is 14.3 Å². The molecule has 0 aromatic rings. The second-order valence-corrected chi connectivity index (χ2v) is 7.50. The van der Waals surface area contributed by atoms with E-state index in [2.05, 4.69) is 20.8 Å². The van der Waals surface area contributed by atoms with Gasteiger partial charge in [0.05, 0.1) is 0 Å². The van der Waals surface area contributed by atoms with E-state index in [0.717, 1.165) is 24.8 Å². The highest BCUT2D eigenvalue weighted by Crippen LogP contribution is 2.74. The first-order valence-electron chi connectivity index (χ1n) is 7.61. The van der Waals surface area contributed by atoms with Gasteiger partial charge in [0, 0.05) is 30.6 Å². The summed E-state index contributed by atoms with van der Waals surface area (Å²) in [6.45, 7) is 10.1. The van der Waals surface area contributed by atoms with Gasteiger partial charge in [0.25, 0.3) is 0 Å². The van der Waals surface area contributed by atoms with Crippen molar-refractivity contribution in [3.63, 3.8) is 0 Å². The molecule has 0 aliphatic heterocycles. The summed E-state index contributed by atoms with van der Waals surface area (Å²) < 4.78 is 5.86. The lowest BCUT2D eigenvalue weighted by Gasteiger charge is -2.55. The Morgan fingerprint density at radius 1 is 1.30 bits per heavy atom. The Bertz CT molecular complexity index is 542. The third kappa shape index (κ3) is 1.27. The third-order valence-corrected chi connectivity index (χ3v) is 6.73. The molecule has 1 spiro atoms. The van der Waals surface area contributed by atoms with E-state index in [4.69, 9.17) is 4.74 Å². The van der Waals surface area contributed by atoms with Crippen molar-refractivity contribution in [3.05, 3.63) is 11.1 Å². The molecule has 3 atom stereocenters. The van der Waals surface area contributed by atoms with Crippen molar-refractivity contribution in [2.24, 2.45) is 16.7 Å². The van der Waals surface area contributed by atoms with Crippen molar-refractivity contribution in [2.45, 2.75) is 65.9 Å². The number of carbonyl (C=O) groups is 2. The van der Waals surface area contributed by atoms with E-state index in [-0.39, 0.29) is 16.8 Å². The monoisotopic (exact) mass is 276 g/mol. The molecular weight excluding hydrogens is 252 g/mol. The van der Waals surface area contributed by atoms with Crippen molar-refractivity contribution in [1.29, 1.82) is 0 Å². The van der Waals surface area contributed by atoms with Crippen molar-refractivity contribution >= 4 is 11.8 Å². The number of ketones is 1. The Hall–Kier alpha value is -1.12. The number of fused-ring (bicyclic) bond motifs is 1. The highest BCUT2D eigenvalue weighted by molar-refractivity contribution is 6.00. The minimum atomic E-state index is -0.414. The first-order valence-corrected chi connectivity index (χ1v) is 7.61. The van der Waals surface area contributed by atoms with Gasteiger partial charge in [-0.05, 0) is 31.3 Å². The zero-order valence-electron chi connectivity index (χ0n) is 13.1. The average Bonchev–Trinajstić information content (AvgIpc) is 2.62. The van der Waals surface area contributed by atoms with Gasteiger partial charge in [-0.15, -0.1) is 0 Å². The van der Waals surface area contributed by atoms with E-state index < -0.39 is 5.60 Å². The zero-order chi connectivity index (χ0) is 14.9. The van der Waals surface area contributed by atoms with E-state index in [9.17, 15) is 9.59 Å². The van der Waals surface area contributed by atoms with Gasteiger partial charge in [0.2, 0.25) is 0 Å². The van der Waals surface area contributed by atoms with Gasteiger partial charge in [-0.25, -0.2) is 0 Å². The van der Waals surface area contributed by atoms with Crippen molar-refractivity contribution in [2.75, 3.05) is 0 Å². The van der Waals surface area contributed by atoms with Crippen LogP contribution in [-0.4, -0.2) is 17.4 Å². The second kappa shape index (κ2) is 3.75. The molecule has 0 aromatic heterocycles. The lowest BCUT2D eigenvalue weighted by molar-refractivity contribution is -0.190. The van der Waals surface area contributed by atoms with Crippen LogP contribution < -0.4 is 0 Å². The number of esters is 1. The van der Waals surface area contributed by atoms with Gasteiger partial charge in [-0.1, -0.05) is 26.3 Å². The summed E-state index contributed by atoms with van der Waals surface area (Å²) in [5.74, 6) is 0.561. The van der Waals surface area contributed by atoms with Crippen molar-refractivity contribution in [1.82, 2.24) is 0 Å². The minimum Gasteiger partial charge on any atom is -0.458 e. The van der Waals surface area contributed by atoms with Crippen LogP contribution in [0.5, 0.6) is 0 Å². The molecule has 0 heterocycles. The van der Waals surface area contributed by atoms with Gasteiger partial charge >= 0.3 is 5.97 Å². The molecule has 0 unspecified atom stereocenters. The lowest BCUT2D eigenvalue weighted by atomic mass is 9.51. The summed E-state index contributed by atoms with van der Waals surface area (Å²) in [6.07, 6.45) is 3.29. The predicted molar refractivity (Wildman–Crippen MR) is 76.1 cm³/mol. The molecule has 3 heteroatoms. The largest absolute Gasteiger partial charge is 0.458 e. The molecule has 20 heavy (non-hydrogen) atoms. The number of hydrogen-bond donors (Lipinski definition) is 0.